The zero-order valence-corrected chi connectivity index (χ0v) is 9.87. The molecule has 2 aliphatic rings. The fourth-order valence-electron chi connectivity index (χ4n) is 2.30. The van der Waals surface area contributed by atoms with Crippen molar-refractivity contribution in [3.05, 3.63) is 0 Å². The molecule has 2 heterocycles. The zero-order chi connectivity index (χ0) is 9.31. The van der Waals surface area contributed by atoms with Crippen molar-refractivity contribution in [3.8, 4) is 0 Å². The van der Waals surface area contributed by atoms with E-state index in [0.29, 0.717) is 6.10 Å². The summed E-state index contributed by atoms with van der Waals surface area (Å²) in [5.74, 6) is 0. The number of hydrogen-bond acceptors (Lipinski definition) is 2. The van der Waals surface area contributed by atoms with Crippen molar-refractivity contribution in [1.82, 2.24) is 0 Å². The quantitative estimate of drug-likeness (QED) is 0.511. The lowest BCUT2D eigenvalue weighted by Gasteiger charge is -2.40. The molecular weight excluding hydrogens is 180 g/mol. The van der Waals surface area contributed by atoms with E-state index in [9.17, 15) is 0 Å². The minimum Gasteiger partial charge on any atom is -0.379 e. The Hall–Kier alpha value is 0.137. The monoisotopic (exact) mass is 200 g/mol. The Morgan fingerprint density at radius 3 is 2.62 bits per heavy atom. The van der Waals surface area contributed by atoms with Gasteiger partial charge in [0.05, 0.1) is 26.7 Å². The SMILES string of the molecule is C[SiH](C)C1(CC2CO2)CCCCO1. The Morgan fingerprint density at radius 2 is 2.15 bits per heavy atom. The van der Waals surface area contributed by atoms with Crippen molar-refractivity contribution in [2.75, 3.05) is 13.2 Å². The van der Waals surface area contributed by atoms with Crippen LogP contribution in [-0.4, -0.2) is 33.3 Å². The molecule has 0 N–H and O–H groups in total. The molecule has 2 nitrogen and oxygen atoms in total. The third-order valence-corrected chi connectivity index (χ3v) is 6.21. The van der Waals surface area contributed by atoms with Crippen molar-refractivity contribution in [2.45, 2.75) is 50.1 Å². The summed E-state index contributed by atoms with van der Waals surface area (Å²) >= 11 is 0. The lowest BCUT2D eigenvalue weighted by molar-refractivity contribution is -0.0316. The van der Waals surface area contributed by atoms with E-state index in [4.69, 9.17) is 9.47 Å². The summed E-state index contributed by atoms with van der Waals surface area (Å²) in [6, 6.07) is 0. The molecule has 3 heteroatoms. The van der Waals surface area contributed by atoms with Gasteiger partial charge in [-0.05, 0) is 19.3 Å². The summed E-state index contributed by atoms with van der Waals surface area (Å²) in [5, 5.41) is 0.277. The van der Waals surface area contributed by atoms with E-state index in [1.807, 2.05) is 0 Å². The molecule has 0 aromatic rings. The van der Waals surface area contributed by atoms with E-state index < -0.39 is 8.80 Å². The second-order valence-corrected chi connectivity index (χ2v) is 8.05. The molecule has 2 saturated heterocycles. The van der Waals surface area contributed by atoms with Gasteiger partial charge in [-0.15, -0.1) is 0 Å². The van der Waals surface area contributed by atoms with Crippen LogP contribution in [0.1, 0.15) is 25.7 Å². The molecule has 0 amide bonds. The van der Waals surface area contributed by atoms with Crippen LogP contribution in [0.5, 0.6) is 0 Å². The van der Waals surface area contributed by atoms with Gasteiger partial charge in [-0.1, -0.05) is 13.1 Å². The van der Waals surface area contributed by atoms with Gasteiger partial charge < -0.3 is 9.47 Å². The predicted octanol–water partition coefficient (Wildman–Crippen LogP) is 1.74. The average Bonchev–Trinajstić information content (AvgIpc) is 2.90. The van der Waals surface area contributed by atoms with Gasteiger partial charge in [0.25, 0.3) is 0 Å². The van der Waals surface area contributed by atoms with E-state index in [1.165, 1.54) is 25.7 Å². The second kappa shape index (κ2) is 3.71. The molecule has 13 heavy (non-hydrogen) atoms. The standard InChI is InChI=1S/C10H20O2Si/c1-13(2)10(7-9-8-11-9)5-3-4-6-12-10/h9,13H,3-8H2,1-2H3. The van der Waals surface area contributed by atoms with Gasteiger partial charge in [-0.3, -0.25) is 0 Å². The van der Waals surface area contributed by atoms with Crippen LogP contribution < -0.4 is 0 Å². The zero-order valence-electron chi connectivity index (χ0n) is 8.71. The molecule has 0 saturated carbocycles. The molecule has 2 atom stereocenters. The van der Waals surface area contributed by atoms with Crippen LogP contribution in [0.2, 0.25) is 13.1 Å². The van der Waals surface area contributed by atoms with Gasteiger partial charge >= 0.3 is 0 Å². The first-order chi connectivity index (χ1) is 6.23. The summed E-state index contributed by atoms with van der Waals surface area (Å²) < 4.78 is 11.4. The number of rotatable bonds is 3. The van der Waals surface area contributed by atoms with E-state index in [-0.39, 0.29) is 5.22 Å². The topological polar surface area (TPSA) is 21.8 Å². The third kappa shape index (κ3) is 2.14. The molecule has 2 rings (SSSR count). The van der Waals surface area contributed by atoms with Crippen molar-refractivity contribution >= 4 is 8.80 Å². The highest BCUT2D eigenvalue weighted by atomic mass is 28.3. The Bertz CT molecular complexity index is 172. The van der Waals surface area contributed by atoms with Gasteiger partial charge in [-0.25, -0.2) is 0 Å². The van der Waals surface area contributed by atoms with Crippen LogP contribution in [0, 0.1) is 0 Å². The number of epoxide rings is 1. The summed E-state index contributed by atoms with van der Waals surface area (Å²) in [5.41, 5.74) is 0. The highest BCUT2D eigenvalue weighted by Gasteiger charge is 2.42. The van der Waals surface area contributed by atoms with E-state index in [0.717, 1.165) is 13.2 Å². The normalized spacial score (nSPS) is 39.5. The average molecular weight is 200 g/mol. The van der Waals surface area contributed by atoms with Gasteiger partial charge in [0.2, 0.25) is 0 Å². The molecule has 2 fully saturated rings. The van der Waals surface area contributed by atoms with Crippen molar-refractivity contribution in [2.24, 2.45) is 0 Å². The molecule has 76 valence electrons. The smallest absolute Gasteiger partial charge is 0.0834 e. The summed E-state index contributed by atoms with van der Waals surface area (Å²) in [7, 11) is -0.706. The first-order valence-electron chi connectivity index (χ1n) is 5.48. The van der Waals surface area contributed by atoms with Crippen LogP contribution >= 0.6 is 0 Å². The van der Waals surface area contributed by atoms with Crippen LogP contribution in [0.4, 0.5) is 0 Å². The molecule has 0 spiro atoms. The van der Waals surface area contributed by atoms with Gasteiger partial charge in [-0.2, -0.15) is 0 Å². The first kappa shape index (κ1) is 9.68. The summed E-state index contributed by atoms with van der Waals surface area (Å²) in [6.45, 7) is 6.78. The van der Waals surface area contributed by atoms with Crippen LogP contribution in [-0.2, 0) is 9.47 Å². The number of hydrogen-bond donors (Lipinski definition) is 0. The Kier molecular flexibility index (Phi) is 2.77. The first-order valence-corrected chi connectivity index (χ1v) is 8.37. The highest BCUT2D eigenvalue weighted by molar-refractivity contribution is 6.59. The lowest BCUT2D eigenvalue weighted by atomic mass is 10.0. The Labute approximate surface area is 82.2 Å². The summed E-state index contributed by atoms with van der Waals surface area (Å²) in [4.78, 5) is 0. The fraction of sp³-hybridized carbons (Fsp3) is 1.00. The van der Waals surface area contributed by atoms with Crippen LogP contribution in [0.3, 0.4) is 0 Å². The van der Waals surface area contributed by atoms with Gasteiger partial charge in [0.1, 0.15) is 0 Å². The Balaban J connectivity index is 1.98. The highest BCUT2D eigenvalue weighted by Crippen LogP contribution is 2.35. The van der Waals surface area contributed by atoms with E-state index in [2.05, 4.69) is 13.1 Å². The number of ether oxygens (including phenoxy) is 2. The van der Waals surface area contributed by atoms with Crippen LogP contribution in [0.15, 0.2) is 0 Å². The molecule has 0 aromatic heterocycles. The molecule has 0 bridgehead atoms. The fourth-order valence-corrected chi connectivity index (χ4v) is 4.26. The lowest BCUT2D eigenvalue weighted by Crippen LogP contribution is -2.48. The maximum Gasteiger partial charge on any atom is 0.0834 e. The third-order valence-electron chi connectivity index (χ3n) is 3.41. The molecule has 2 aliphatic heterocycles. The van der Waals surface area contributed by atoms with E-state index >= 15 is 0 Å². The summed E-state index contributed by atoms with van der Waals surface area (Å²) in [6.07, 6.45) is 5.62. The molecule has 0 radical (unpaired) electrons. The van der Waals surface area contributed by atoms with Crippen LogP contribution in [0.25, 0.3) is 0 Å². The van der Waals surface area contributed by atoms with Crippen molar-refractivity contribution in [3.63, 3.8) is 0 Å². The second-order valence-electron chi connectivity index (χ2n) is 4.68. The Morgan fingerprint density at radius 1 is 1.38 bits per heavy atom. The minimum absolute atomic E-state index is 0.277. The van der Waals surface area contributed by atoms with Gasteiger partial charge in [0, 0.05) is 13.0 Å². The molecule has 0 aliphatic carbocycles. The molecular formula is C10H20O2Si. The van der Waals surface area contributed by atoms with Crippen molar-refractivity contribution < 1.29 is 9.47 Å². The predicted molar refractivity (Wildman–Crippen MR) is 55.8 cm³/mol. The maximum atomic E-state index is 6.06. The largest absolute Gasteiger partial charge is 0.379 e. The van der Waals surface area contributed by atoms with Crippen molar-refractivity contribution in [1.29, 1.82) is 0 Å². The minimum atomic E-state index is -0.706. The maximum absolute atomic E-state index is 6.06. The van der Waals surface area contributed by atoms with Gasteiger partial charge in [0.15, 0.2) is 0 Å². The molecule has 0 aromatic carbocycles. The van der Waals surface area contributed by atoms with E-state index in [1.54, 1.807) is 0 Å². The molecule has 2 unspecified atom stereocenters.